The van der Waals surface area contributed by atoms with Gasteiger partial charge in [-0.25, -0.2) is 0 Å². The number of esters is 1. The summed E-state index contributed by atoms with van der Waals surface area (Å²) in [4.78, 5) is 11.6. The molecule has 1 rings (SSSR count). The van der Waals surface area contributed by atoms with Crippen LogP contribution >= 0.6 is 15.9 Å². The normalized spacial score (nSPS) is 11.9. The number of hydrogen-bond donors (Lipinski definition) is 0. The topological polar surface area (TPSA) is 67.9 Å². The first-order valence-corrected chi connectivity index (χ1v) is 6.60. The fraction of sp³-hybridized carbons (Fsp3) is 0.583. The number of rotatable bonds is 5. The third-order valence-corrected chi connectivity index (χ3v) is 3.54. The van der Waals surface area contributed by atoms with Crippen LogP contribution in [0.5, 0.6) is 0 Å². The van der Waals surface area contributed by atoms with E-state index in [4.69, 9.17) is 10.00 Å². The van der Waals surface area contributed by atoms with Crippen molar-refractivity contribution in [2.75, 3.05) is 6.61 Å². The molecular formula is C12H16BrN3O2. The van der Waals surface area contributed by atoms with Crippen LogP contribution in [0, 0.1) is 17.2 Å². The number of nitriles is 1. The van der Waals surface area contributed by atoms with Gasteiger partial charge in [-0.15, -0.1) is 0 Å². The molecule has 1 aromatic heterocycles. The van der Waals surface area contributed by atoms with Gasteiger partial charge in [0, 0.05) is 13.5 Å². The molecule has 0 aromatic carbocycles. The summed E-state index contributed by atoms with van der Waals surface area (Å²) in [7, 11) is 1.80. The molecule has 6 heteroatoms. The Morgan fingerprint density at radius 1 is 1.61 bits per heavy atom. The lowest BCUT2D eigenvalue weighted by atomic mass is 10.0. The predicted molar refractivity (Wildman–Crippen MR) is 69.7 cm³/mol. The lowest BCUT2D eigenvalue weighted by molar-refractivity contribution is -0.146. The van der Waals surface area contributed by atoms with Gasteiger partial charge in [0.25, 0.3) is 0 Å². The molecule has 0 amide bonds. The van der Waals surface area contributed by atoms with E-state index in [1.807, 2.05) is 13.0 Å². The minimum Gasteiger partial charge on any atom is -0.465 e. The molecule has 1 aromatic rings. The van der Waals surface area contributed by atoms with E-state index in [0.717, 1.165) is 22.3 Å². The monoisotopic (exact) mass is 313 g/mol. The number of hydrogen-bond acceptors (Lipinski definition) is 4. The molecule has 5 nitrogen and oxygen atoms in total. The van der Waals surface area contributed by atoms with Crippen LogP contribution in [0.1, 0.15) is 25.2 Å². The van der Waals surface area contributed by atoms with Crippen molar-refractivity contribution in [3.05, 3.63) is 15.9 Å². The van der Waals surface area contributed by atoms with E-state index in [1.165, 1.54) is 0 Å². The van der Waals surface area contributed by atoms with Crippen molar-refractivity contribution in [1.29, 1.82) is 5.26 Å². The van der Waals surface area contributed by atoms with Gasteiger partial charge < -0.3 is 4.74 Å². The second kappa shape index (κ2) is 6.55. The van der Waals surface area contributed by atoms with Crippen LogP contribution < -0.4 is 0 Å². The van der Waals surface area contributed by atoms with Gasteiger partial charge in [-0.1, -0.05) is 6.92 Å². The van der Waals surface area contributed by atoms with Crippen LogP contribution in [0.25, 0.3) is 0 Å². The highest BCUT2D eigenvalue weighted by Gasteiger charge is 2.24. The summed E-state index contributed by atoms with van der Waals surface area (Å²) in [5.41, 5.74) is 1.76. The Bertz CT molecular complexity index is 476. The Balaban J connectivity index is 2.92. The van der Waals surface area contributed by atoms with Gasteiger partial charge in [0.15, 0.2) is 0 Å². The largest absolute Gasteiger partial charge is 0.465 e. The molecule has 0 radical (unpaired) electrons. The van der Waals surface area contributed by atoms with Gasteiger partial charge in [-0.2, -0.15) is 10.4 Å². The number of aryl methyl sites for hydroxylation is 2. The molecule has 98 valence electrons. The molecule has 1 heterocycles. The SMILES string of the molecule is CCOC(=O)C(C#N)Cc1c(Br)c(CC)nn1C. The fourth-order valence-corrected chi connectivity index (χ4v) is 2.44. The number of ether oxygens (including phenoxy) is 1. The van der Waals surface area contributed by atoms with Gasteiger partial charge in [0.05, 0.1) is 28.5 Å². The first-order valence-electron chi connectivity index (χ1n) is 5.81. The van der Waals surface area contributed by atoms with Gasteiger partial charge in [0.2, 0.25) is 0 Å². The van der Waals surface area contributed by atoms with E-state index in [2.05, 4.69) is 21.0 Å². The zero-order valence-electron chi connectivity index (χ0n) is 10.7. The van der Waals surface area contributed by atoms with E-state index in [-0.39, 0.29) is 6.61 Å². The first-order chi connectivity index (χ1) is 8.54. The standard InChI is InChI=1S/C12H16BrN3O2/c1-4-9-11(13)10(16(3)15-9)6-8(7-14)12(17)18-5-2/h8H,4-6H2,1-3H3. The highest BCUT2D eigenvalue weighted by atomic mass is 79.9. The summed E-state index contributed by atoms with van der Waals surface area (Å²) in [5, 5.41) is 13.4. The number of halogens is 1. The highest BCUT2D eigenvalue weighted by Crippen LogP contribution is 2.24. The van der Waals surface area contributed by atoms with Crippen LogP contribution in [-0.4, -0.2) is 22.4 Å². The average Bonchev–Trinajstić information content (AvgIpc) is 2.62. The van der Waals surface area contributed by atoms with Crippen molar-refractivity contribution in [1.82, 2.24) is 9.78 Å². The van der Waals surface area contributed by atoms with Crippen molar-refractivity contribution in [3.8, 4) is 6.07 Å². The van der Waals surface area contributed by atoms with E-state index in [9.17, 15) is 4.79 Å². The van der Waals surface area contributed by atoms with Crippen LogP contribution in [0.15, 0.2) is 4.47 Å². The molecule has 0 fully saturated rings. The van der Waals surface area contributed by atoms with Gasteiger partial charge in [0.1, 0.15) is 5.92 Å². The summed E-state index contributed by atoms with van der Waals surface area (Å²) in [6, 6.07) is 1.98. The molecule has 0 saturated carbocycles. The van der Waals surface area contributed by atoms with E-state index >= 15 is 0 Å². The summed E-state index contributed by atoms with van der Waals surface area (Å²) in [6.45, 7) is 4.01. The molecule has 0 bridgehead atoms. The highest BCUT2D eigenvalue weighted by molar-refractivity contribution is 9.10. The minimum absolute atomic E-state index is 0.282. The smallest absolute Gasteiger partial charge is 0.323 e. The van der Waals surface area contributed by atoms with Crippen LogP contribution in [0.2, 0.25) is 0 Å². The molecule has 0 aliphatic carbocycles. The first kappa shape index (κ1) is 14.7. The van der Waals surface area contributed by atoms with Crippen molar-refractivity contribution >= 4 is 21.9 Å². The van der Waals surface area contributed by atoms with Crippen LogP contribution in [0.4, 0.5) is 0 Å². The molecule has 1 atom stereocenters. The Labute approximate surface area is 115 Å². The predicted octanol–water partition coefficient (Wildman–Crippen LogP) is 1.99. The molecule has 0 saturated heterocycles. The van der Waals surface area contributed by atoms with Gasteiger partial charge in [-0.3, -0.25) is 9.48 Å². The Morgan fingerprint density at radius 2 is 2.28 bits per heavy atom. The molecule has 0 spiro atoms. The van der Waals surface area contributed by atoms with Crippen molar-refractivity contribution in [2.45, 2.75) is 26.7 Å². The van der Waals surface area contributed by atoms with Gasteiger partial charge >= 0.3 is 5.97 Å². The van der Waals surface area contributed by atoms with Gasteiger partial charge in [-0.05, 0) is 29.3 Å². The third-order valence-electron chi connectivity index (χ3n) is 2.63. The minimum atomic E-state index is -0.790. The zero-order valence-corrected chi connectivity index (χ0v) is 12.3. The zero-order chi connectivity index (χ0) is 13.7. The molecular weight excluding hydrogens is 298 g/mol. The van der Waals surface area contributed by atoms with E-state index in [1.54, 1.807) is 18.7 Å². The lowest BCUT2D eigenvalue weighted by Crippen LogP contribution is -2.20. The molecule has 0 aliphatic rings. The Hall–Kier alpha value is -1.35. The second-order valence-corrected chi connectivity index (χ2v) is 4.62. The quantitative estimate of drug-likeness (QED) is 0.780. The summed E-state index contributed by atoms with van der Waals surface area (Å²) >= 11 is 3.46. The summed E-state index contributed by atoms with van der Waals surface area (Å²) < 4.78 is 7.45. The van der Waals surface area contributed by atoms with Crippen molar-refractivity contribution in [2.24, 2.45) is 13.0 Å². The fourth-order valence-electron chi connectivity index (χ4n) is 1.66. The molecule has 18 heavy (non-hydrogen) atoms. The van der Waals surface area contributed by atoms with Crippen molar-refractivity contribution in [3.63, 3.8) is 0 Å². The maximum absolute atomic E-state index is 11.6. The Morgan fingerprint density at radius 3 is 2.72 bits per heavy atom. The second-order valence-electron chi connectivity index (χ2n) is 3.82. The van der Waals surface area contributed by atoms with Crippen LogP contribution in [0.3, 0.4) is 0 Å². The maximum atomic E-state index is 11.6. The number of carbonyl (C=O) groups is 1. The van der Waals surface area contributed by atoms with Crippen molar-refractivity contribution < 1.29 is 9.53 Å². The van der Waals surface area contributed by atoms with E-state index < -0.39 is 11.9 Å². The molecule has 0 aliphatic heterocycles. The van der Waals surface area contributed by atoms with Crippen LogP contribution in [-0.2, 0) is 29.4 Å². The number of carbonyl (C=O) groups excluding carboxylic acids is 1. The third kappa shape index (κ3) is 3.10. The summed E-state index contributed by atoms with van der Waals surface area (Å²) in [5.74, 6) is -1.27. The number of aromatic nitrogens is 2. The summed E-state index contributed by atoms with van der Waals surface area (Å²) in [6.07, 6.45) is 1.10. The Kier molecular flexibility index (Phi) is 5.35. The molecule has 0 N–H and O–H groups in total. The van der Waals surface area contributed by atoms with E-state index in [0.29, 0.717) is 6.42 Å². The number of nitrogens with zero attached hydrogens (tertiary/aromatic N) is 3. The molecule has 1 unspecified atom stereocenters. The lowest BCUT2D eigenvalue weighted by Gasteiger charge is -2.08. The maximum Gasteiger partial charge on any atom is 0.323 e. The average molecular weight is 314 g/mol.